The second kappa shape index (κ2) is 7.56. The molecule has 0 bridgehead atoms. The van der Waals surface area contributed by atoms with Crippen LogP contribution in [0.2, 0.25) is 0 Å². The third-order valence-corrected chi connectivity index (χ3v) is 4.92. The van der Waals surface area contributed by atoms with Gasteiger partial charge in [0.15, 0.2) is 0 Å². The molecule has 0 fully saturated rings. The normalized spacial score (nSPS) is 12.7. The molecule has 142 valence electrons. The lowest BCUT2D eigenvalue weighted by Crippen LogP contribution is -2.41. The van der Waals surface area contributed by atoms with E-state index < -0.39 is 0 Å². The number of amides is 3. The highest BCUT2D eigenvalue weighted by molar-refractivity contribution is 6.25. The Bertz CT molecular complexity index is 1140. The second-order valence-electron chi connectivity index (χ2n) is 6.82. The Balaban J connectivity index is 1.43. The maximum Gasteiger partial charge on any atom is 0.261 e. The third kappa shape index (κ3) is 3.46. The summed E-state index contributed by atoms with van der Waals surface area (Å²) in [4.78, 5) is 39.0. The van der Waals surface area contributed by atoms with Crippen molar-refractivity contribution in [3.05, 3.63) is 77.4 Å². The number of anilines is 1. The van der Waals surface area contributed by atoms with Crippen molar-refractivity contribution in [2.24, 2.45) is 0 Å². The van der Waals surface area contributed by atoms with Crippen molar-refractivity contribution in [2.45, 2.75) is 12.8 Å². The van der Waals surface area contributed by atoms with Crippen LogP contribution >= 0.6 is 0 Å². The SMILES string of the molecule is N#Cc1cccc(NC(=O)CCCN2C(=O)c3cccc4cccc(c34)C2=O)c1. The molecule has 0 aromatic heterocycles. The highest BCUT2D eigenvalue weighted by atomic mass is 16.2. The van der Waals surface area contributed by atoms with Crippen LogP contribution in [0.3, 0.4) is 0 Å². The van der Waals surface area contributed by atoms with Crippen molar-refractivity contribution in [1.29, 1.82) is 5.26 Å². The number of rotatable bonds is 5. The average molecular weight is 383 g/mol. The van der Waals surface area contributed by atoms with Crippen LogP contribution in [0.5, 0.6) is 0 Å². The molecule has 3 amide bonds. The standard InChI is InChI=1S/C23H17N3O3/c24-14-15-5-1-8-17(13-15)25-20(27)11-4-12-26-22(28)18-9-2-6-16-7-3-10-19(21(16)18)23(26)29/h1-3,5-10,13H,4,11-12H2,(H,25,27). The lowest BCUT2D eigenvalue weighted by molar-refractivity contribution is -0.116. The Morgan fingerprint density at radius 3 is 2.28 bits per heavy atom. The fourth-order valence-corrected chi connectivity index (χ4v) is 3.57. The number of nitriles is 1. The molecule has 3 aromatic carbocycles. The van der Waals surface area contributed by atoms with Gasteiger partial charge >= 0.3 is 0 Å². The summed E-state index contributed by atoms with van der Waals surface area (Å²) in [6.07, 6.45) is 0.499. The van der Waals surface area contributed by atoms with Gasteiger partial charge in [-0.2, -0.15) is 5.26 Å². The molecular formula is C23H17N3O3. The number of hydrogen-bond acceptors (Lipinski definition) is 4. The Morgan fingerprint density at radius 1 is 0.966 bits per heavy atom. The minimum atomic E-state index is -0.332. The smallest absolute Gasteiger partial charge is 0.261 e. The number of nitrogens with one attached hydrogen (secondary N) is 1. The molecule has 1 N–H and O–H groups in total. The molecule has 0 atom stereocenters. The molecule has 0 unspecified atom stereocenters. The average Bonchev–Trinajstić information content (AvgIpc) is 2.74. The van der Waals surface area contributed by atoms with Crippen molar-refractivity contribution in [3.8, 4) is 6.07 Å². The van der Waals surface area contributed by atoms with Gasteiger partial charge in [0.25, 0.3) is 11.8 Å². The summed E-state index contributed by atoms with van der Waals surface area (Å²) in [5.41, 5.74) is 2.02. The van der Waals surface area contributed by atoms with Gasteiger partial charge in [0.2, 0.25) is 5.91 Å². The van der Waals surface area contributed by atoms with E-state index in [9.17, 15) is 14.4 Å². The Kier molecular flexibility index (Phi) is 4.80. The van der Waals surface area contributed by atoms with Crippen molar-refractivity contribution in [1.82, 2.24) is 4.90 Å². The molecule has 1 aliphatic heterocycles. The van der Waals surface area contributed by atoms with E-state index in [1.807, 2.05) is 18.2 Å². The van der Waals surface area contributed by atoms with Crippen LogP contribution in [0.25, 0.3) is 10.8 Å². The fraction of sp³-hybridized carbons (Fsp3) is 0.130. The van der Waals surface area contributed by atoms with E-state index in [0.29, 0.717) is 34.2 Å². The van der Waals surface area contributed by atoms with Crippen LogP contribution in [0.15, 0.2) is 60.7 Å². The van der Waals surface area contributed by atoms with Crippen molar-refractivity contribution < 1.29 is 14.4 Å². The van der Waals surface area contributed by atoms with Gasteiger partial charge in [0.05, 0.1) is 11.6 Å². The molecule has 0 aliphatic carbocycles. The first-order valence-corrected chi connectivity index (χ1v) is 9.26. The quantitative estimate of drug-likeness (QED) is 0.680. The molecule has 0 radical (unpaired) electrons. The van der Waals surface area contributed by atoms with Crippen molar-refractivity contribution in [2.75, 3.05) is 11.9 Å². The molecule has 4 rings (SSSR count). The number of carbonyl (C=O) groups excluding carboxylic acids is 3. The van der Waals surface area contributed by atoms with Crippen LogP contribution < -0.4 is 5.32 Å². The molecular weight excluding hydrogens is 366 g/mol. The van der Waals surface area contributed by atoms with E-state index in [2.05, 4.69) is 5.32 Å². The predicted octanol–water partition coefficient (Wildman–Crippen LogP) is 3.73. The second-order valence-corrected chi connectivity index (χ2v) is 6.82. The molecule has 0 saturated carbocycles. The molecule has 6 nitrogen and oxygen atoms in total. The zero-order chi connectivity index (χ0) is 20.4. The van der Waals surface area contributed by atoms with Crippen molar-refractivity contribution in [3.63, 3.8) is 0 Å². The number of imide groups is 1. The van der Waals surface area contributed by atoms with Crippen molar-refractivity contribution >= 4 is 34.2 Å². The number of nitrogens with zero attached hydrogens (tertiary/aromatic N) is 2. The maximum absolute atomic E-state index is 12.8. The predicted molar refractivity (Wildman–Crippen MR) is 108 cm³/mol. The van der Waals surface area contributed by atoms with E-state index in [-0.39, 0.29) is 30.7 Å². The largest absolute Gasteiger partial charge is 0.326 e. The van der Waals surface area contributed by atoms with Crippen LogP contribution in [-0.2, 0) is 4.79 Å². The highest BCUT2D eigenvalue weighted by Crippen LogP contribution is 2.30. The van der Waals surface area contributed by atoms with Gasteiger partial charge in [0, 0.05) is 35.2 Å². The van der Waals surface area contributed by atoms with Gasteiger partial charge in [0.1, 0.15) is 0 Å². The summed E-state index contributed by atoms with van der Waals surface area (Å²) in [7, 11) is 0. The van der Waals surface area contributed by atoms with E-state index in [0.717, 1.165) is 5.39 Å². The molecule has 29 heavy (non-hydrogen) atoms. The minimum absolute atomic E-state index is 0.152. The summed E-state index contributed by atoms with van der Waals surface area (Å²) in [5, 5.41) is 13.2. The van der Waals surface area contributed by atoms with Gasteiger partial charge in [-0.25, -0.2) is 0 Å². The Labute approximate surface area is 167 Å². The molecule has 0 saturated heterocycles. The zero-order valence-corrected chi connectivity index (χ0v) is 15.5. The van der Waals surface area contributed by atoms with Crippen LogP contribution in [0, 0.1) is 11.3 Å². The summed E-state index contributed by atoms with van der Waals surface area (Å²) in [6, 6.07) is 19.5. The number of hydrogen-bond donors (Lipinski definition) is 1. The Morgan fingerprint density at radius 2 is 1.62 bits per heavy atom. The van der Waals surface area contributed by atoms with Gasteiger partial charge in [-0.05, 0) is 42.1 Å². The van der Waals surface area contributed by atoms with E-state index in [1.165, 1.54) is 4.90 Å². The number of benzene rings is 3. The summed E-state index contributed by atoms with van der Waals surface area (Å²) < 4.78 is 0. The lowest BCUT2D eigenvalue weighted by Gasteiger charge is -2.27. The van der Waals surface area contributed by atoms with Gasteiger partial charge in [-0.3, -0.25) is 19.3 Å². The van der Waals surface area contributed by atoms with Crippen LogP contribution in [0.1, 0.15) is 39.1 Å². The fourth-order valence-electron chi connectivity index (χ4n) is 3.57. The van der Waals surface area contributed by atoms with Crippen LogP contribution in [-0.4, -0.2) is 29.2 Å². The van der Waals surface area contributed by atoms with E-state index in [1.54, 1.807) is 48.5 Å². The van der Waals surface area contributed by atoms with Crippen LogP contribution in [0.4, 0.5) is 5.69 Å². The monoisotopic (exact) mass is 383 g/mol. The van der Waals surface area contributed by atoms with E-state index >= 15 is 0 Å². The molecule has 6 heteroatoms. The first kappa shape index (κ1) is 18.4. The first-order valence-electron chi connectivity index (χ1n) is 9.26. The molecule has 1 heterocycles. The topological polar surface area (TPSA) is 90.3 Å². The Hall–Kier alpha value is -3.98. The first-order chi connectivity index (χ1) is 14.1. The van der Waals surface area contributed by atoms with Gasteiger partial charge in [-0.1, -0.05) is 30.3 Å². The third-order valence-electron chi connectivity index (χ3n) is 4.92. The molecule has 0 spiro atoms. The molecule has 1 aliphatic rings. The molecule has 3 aromatic rings. The summed E-state index contributed by atoms with van der Waals surface area (Å²) >= 11 is 0. The number of carbonyl (C=O) groups is 3. The highest BCUT2D eigenvalue weighted by Gasteiger charge is 2.32. The van der Waals surface area contributed by atoms with Gasteiger partial charge < -0.3 is 5.32 Å². The summed E-state index contributed by atoms with van der Waals surface area (Å²) in [5.74, 6) is -0.901. The zero-order valence-electron chi connectivity index (χ0n) is 15.5. The maximum atomic E-state index is 12.8. The van der Waals surface area contributed by atoms with E-state index in [4.69, 9.17) is 5.26 Å². The lowest BCUT2D eigenvalue weighted by atomic mass is 9.94. The summed E-state index contributed by atoms with van der Waals surface area (Å²) in [6.45, 7) is 0.161. The van der Waals surface area contributed by atoms with Gasteiger partial charge in [-0.15, -0.1) is 0 Å². The minimum Gasteiger partial charge on any atom is -0.326 e.